The molecule has 0 aliphatic carbocycles. The Labute approximate surface area is 337 Å². The lowest BCUT2D eigenvalue weighted by Gasteiger charge is -2.37. The van der Waals surface area contributed by atoms with Crippen LogP contribution < -0.4 is 29.2 Å². The number of aromatic carboxylic acids is 2. The van der Waals surface area contributed by atoms with Crippen LogP contribution in [-0.4, -0.2) is 36.1 Å². The predicted molar refractivity (Wildman–Crippen MR) is 212 cm³/mol. The van der Waals surface area contributed by atoms with E-state index in [1.165, 1.54) is 50.4 Å². The van der Waals surface area contributed by atoms with E-state index < -0.39 is 19.3 Å². The molecule has 2 N–H and O–H groups in total. The molecule has 12 heteroatoms. The van der Waals surface area contributed by atoms with E-state index in [0.717, 1.165) is 6.42 Å². The minimum absolute atomic E-state index is 0.159. The van der Waals surface area contributed by atoms with Gasteiger partial charge in [0, 0.05) is 57.9 Å². The maximum atomic E-state index is 10.7. The number of nitrogens with zero attached hydrogens (tertiary/aromatic N) is 2. The van der Waals surface area contributed by atoms with E-state index in [1.807, 2.05) is 91.0 Å². The number of carboxylic acids is 2. The lowest BCUT2D eigenvalue weighted by Crippen LogP contribution is -2.48. The molecule has 0 saturated carbocycles. The minimum Gasteiger partial charge on any atom is -0.871 e. The van der Waals surface area contributed by atoms with Gasteiger partial charge in [0.2, 0.25) is 36.3 Å². The van der Waals surface area contributed by atoms with E-state index in [1.54, 1.807) is 49.1 Å². The van der Waals surface area contributed by atoms with Gasteiger partial charge in [-0.2, -0.15) is 0 Å². The molecule has 2 aromatic heterocycles. The molecule has 7 rings (SSSR count). The molecule has 0 unspecified atom stereocenters. The average molecular weight is 777 g/mol. The first-order valence-corrected chi connectivity index (χ1v) is 18.3. The molecule has 0 atom stereocenters. The molecule has 58 heavy (non-hydrogen) atoms. The number of benzene rings is 5. The minimum atomic E-state index is -2.23. The molecule has 2 heterocycles. The first-order chi connectivity index (χ1) is 28.2. The van der Waals surface area contributed by atoms with Gasteiger partial charge in [-0.3, -0.25) is 0 Å². The third-order valence-corrected chi connectivity index (χ3v) is 8.71. The number of hydrogen-bond donors (Lipinski definition) is 2. The fraction of sp³-hybridized carbons (Fsp3) is 0.0870. The summed E-state index contributed by atoms with van der Waals surface area (Å²) in [5, 5.41) is 39.0. The lowest BCUT2D eigenvalue weighted by atomic mass is 9.67. The second-order valence-corrected chi connectivity index (χ2v) is 12.6. The van der Waals surface area contributed by atoms with Gasteiger partial charge >= 0.3 is 11.9 Å². The molecule has 0 aliphatic rings. The Balaban J connectivity index is 0.000000174. The van der Waals surface area contributed by atoms with Crippen LogP contribution in [0.25, 0.3) is 0 Å². The number of rotatable bonds is 14. The van der Waals surface area contributed by atoms with Crippen molar-refractivity contribution in [2.45, 2.75) is 18.3 Å². The number of aromatic nitrogens is 2. The molecule has 0 bridgehead atoms. The predicted octanol–water partition coefficient (Wildman–Crippen LogP) is 5.55. The van der Waals surface area contributed by atoms with E-state index in [9.17, 15) is 19.6 Å². The summed E-state index contributed by atoms with van der Waals surface area (Å²) >= 11 is 0. The Morgan fingerprint density at radius 2 is 0.879 bits per heavy atom. The van der Waals surface area contributed by atoms with Crippen molar-refractivity contribution in [2.24, 2.45) is 0 Å². The van der Waals surface area contributed by atoms with Crippen LogP contribution in [0.2, 0.25) is 0 Å². The summed E-state index contributed by atoms with van der Waals surface area (Å²) in [4.78, 5) is 32.3. The molecule has 11 nitrogen and oxygen atoms in total. The van der Waals surface area contributed by atoms with Gasteiger partial charge in [-0.15, -0.1) is 0 Å². The number of carboxylic acid groups (broad SMARTS) is 2. The highest BCUT2D eigenvalue weighted by Gasteiger charge is 2.35. The molecule has 0 radical (unpaired) electrons. The quantitative estimate of drug-likeness (QED) is 0.0626. The Morgan fingerprint density at radius 1 is 0.517 bits per heavy atom. The van der Waals surface area contributed by atoms with Gasteiger partial charge in [-0.1, -0.05) is 115 Å². The zero-order valence-electron chi connectivity index (χ0n) is 31.4. The summed E-state index contributed by atoms with van der Waals surface area (Å²) in [6.07, 6.45) is 8.26. The van der Waals surface area contributed by atoms with Gasteiger partial charge in [0.05, 0.1) is 18.4 Å². The maximum Gasteiger partial charge on any atom is 0.335 e. The van der Waals surface area contributed by atoms with Crippen molar-refractivity contribution in [1.82, 2.24) is 0 Å². The van der Waals surface area contributed by atoms with Gasteiger partial charge in [0.15, 0.2) is 0 Å². The van der Waals surface area contributed by atoms with Gasteiger partial charge in [-0.25, -0.2) is 19.3 Å². The molecule has 7 aromatic rings. The third-order valence-electron chi connectivity index (χ3n) is 8.71. The average Bonchev–Trinajstić information content (AvgIpc) is 3.26. The maximum absolute atomic E-state index is 10.7. The highest BCUT2D eigenvalue weighted by Crippen LogP contribution is 2.43. The fourth-order valence-corrected chi connectivity index (χ4v) is 6.12. The van der Waals surface area contributed by atoms with Crippen LogP contribution in [0.1, 0.15) is 50.2 Å². The van der Waals surface area contributed by atoms with Crippen LogP contribution >= 0.6 is 0 Å². The molecular weight excluding hydrogens is 735 g/mol. The Kier molecular flexibility index (Phi) is 15.8. The van der Waals surface area contributed by atoms with Crippen molar-refractivity contribution < 1.29 is 53.6 Å². The van der Waals surface area contributed by atoms with Crippen molar-refractivity contribution in [3.05, 3.63) is 229 Å². The first kappa shape index (κ1) is 42.0. The molecule has 0 fully saturated rings. The number of hydrogen-bond acceptors (Lipinski definition) is 7. The first-order valence-electron chi connectivity index (χ1n) is 18.3. The molecule has 5 aromatic carbocycles. The highest BCUT2D eigenvalue weighted by molar-refractivity contribution is 6.28. The molecule has 292 valence electrons. The molecule has 0 aliphatic heterocycles. The zero-order chi connectivity index (χ0) is 41.0. The Hall–Kier alpha value is -7.12. The van der Waals surface area contributed by atoms with E-state index in [2.05, 4.69) is 36.4 Å². The summed E-state index contributed by atoms with van der Waals surface area (Å²) in [5.74, 6) is -0.973. The van der Waals surface area contributed by atoms with Crippen LogP contribution in [0.4, 0.5) is 0 Å². The zero-order valence-corrected chi connectivity index (χ0v) is 31.4. The smallest absolute Gasteiger partial charge is 0.335 e. The van der Waals surface area contributed by atoms with Crippen molar-refractivity contribution in [3.8, 4) is 11.5 Å². The largest absolute Gasteiger partial charge is 0.871 e. The van der Waals surface area contributed by atoms with E-state index in [-0.39, 0.29) is 23.1 Å². The van der Waals surface area contributed by atoms with Crippen LogP contribution in [0.3, 0.4) is 0 Å². The van der Waals surface area contributed by atoms with Crippen molar-refractivity contribution >= 4 is 19.3 Å². The fourth-order valence-electron chi connectivity index (χ4n) is 6.12. The van der Waals surface area contributed by atoms with Crippen molar-refractivity contribution in [3.63, 3.8) is 0 Å². The topological polar surface area (TPSA) is 156 Å². The molecule has 0 spiro atoms. The molecule has 0 amide bonds. The second kappa shape index (κ2) is 21.8. The third kappa shape index (κ3) is 12.5. The number of carbonyl (C=O) groups is 2. The molecule has 0 saturated heterocycles. The second-order valence-electron chi connectivity index (χ2n) is 12.6. The summed E-state index contributed by atoms with van der Waals surface area (Å²) < 4.78 is 7.74. The number of pyridine rings is 2. The lowest BCUT2D eigenvalue weighted by molar-refractivity contribution is -0.875. The van der Waals surface area contributed by atoms with Gasteiger partial charge < -0.3 is 24.9 Å². The Bertz CT molecular complexity index is 2090. The van der Waals surface area contributed by atoms with Crippen LogP contribution in [-0.2, 0) is 10.1 Å². The van der Waals surface area contributed by atoms with Crippen LogP contribution in [0, 0.1) is 0 Å². The SMILES string of the molecule is O=C(O)c1cccc(O[n+]2ccccc2)c1.O=C(O)c1cccc(O[n+]2ccccc2)c1.[O-]B([O-])OCCCC(c1ccccc1)(c1ccccc1)c1ccccc1. The monoisotopic (exact) mass is 776 g/mol. The van der Waals surface area contributed by atoms with Crippen molar-refractivity contribution in [1.29, 1.82) is 0 Å². The van der Waals surface area contributed by atoms with Gasteiger partial charge in [0.1, 0.15) is 0 Å². The summed E-state index contributed by atoms with van der Waals surface area (Å²) in [5.41, 5.74) is 3.58. The van der Waals surface area contributed by atoms with E-state index in [4.69, 9.17) is 24.5 Å². The molecular formula is C46H41BN2O9. The van der Waals surface area contributed by atoms with Gasteiger partial charge in [-0.05, 0) is 53.8 Å². The van der Waals surface area contributed by atoms with Crippen LogP contribution in [0.5, 0.6) is 11.5 Å². The van der Waals surface area contributed by atoms with Crippen LogP contribution in [0.15, 0.2) is 201 Å². The summed E-state index contributed by atoms with van der Waals surface area (Å²) in [6.45, 7) is 0.159. The van der Waals surface area contributed by atoms with E-state index in [0.29, 0.717) is 17.9 Å². The van der Waals surface area contributed by atoms with Gasteiger partial charge in [0.25, 0.3) is 0 Å². The van der Waals surface area contributed by atoms with E-state index >= 15 is 0 Å². The Morgan fingerprint density at radius 3 is 1.22 bits per heavy atom. The summed E-state index contributed by atoms with van der Waals surface area (Å²) in [7, 11) is -2.23. The summed E-state index contributed by atoms with van der Waals surface area (Å²) in [6, 6.07) is 54.7. The highest BCUT2D eigenvalue weighted by atomic mass is 16.7. The van der Waals surface area contributed by atoms with Crippen molar-refractivity contribution in [2.75, 3.05) is 6.61 Å². The standard InChI is InChI=1S/C22H21BO3.2C12H9NO3/c24-23(25)26-18-10-17-22(19-11-4-1-5-12-19,20-13-6-2-7-14-20)21-15-8-3-9-16-21;2*14-12(15)10-5-4-6-11(9-10)16-13-7-2-1-3-8-13/h1-9,11-16H,10,17-18H2;2*1-9H/q-2;;/p+2. The normalized spacial score (nSPS) is 10.4.